The molecular formula is C14H8F3NO. The summed E-state index contributed by atoms with van der Waals surface area (Å²) < 4.78 is 38.2. The van der Waals surface area contributed by atoms with Gasteiger partial charge in [0.2, 0.25) is 0 Å². The number of rotatable bonds is 0. The van der Waals surface area contributed by atoms with Crippen molar-refractivity contribution in [2.75, 3.05) is 0 Å². The molecule has 0 aliphatic carbocycles. The Kier molecular flexibility index (Phi) is 2.38. The maximum Gasteiger partial charge on any atom is 0.431 e. The van der Waals surface area contributed by atoms with Gasteiger partial charge in [0.1, 0.15) is 5.69 Å². The maximum atomic E-state index is 12.7. The molecule has 2 aromatic carbocycles. The molecule has 3 aromatic rings. The van der Waals surface area contributed by atoms with Crippen LogP contribution in [0.1, 0.15) is 5.69 Å². The summed E-state index contributed by atoms with van der Waals surface area (Å²) in [5, 5.41) is 1.64. The van der Waals surface area contributed by atoms with Gasteiger partial charge in [0.15, 0.2) is 5.43 Å². The molecule has 1 N–H and O–H groups in total. The Morgan fingerprint density at radius 1 is 0.947 bits per heavy atom. The first kappa shape index (κ1) is 11.8. The van der Waals surface area contributed by atoms with Gasteiger partial charge < -0.3 is 4.98 Å². The van der Waals surface area contributed by atoms with Crippen molar-refractivity contribution in [2.24, 2.45) is 0 Å². The molecule has 0 saturated heterocycles. The van der Waals surface area contributed by atoms with Gasteiger partial charge in [-0.2, -0.15) is 13.2 Å². The first-order valence-corrected chi connectivity index (χ1v) is 5.59. The summed E-state index contributed by atoms with van der Waals surface area (Å²) in [5.41, 5.74) is -1.44. The Morgan fingerprint density at radius 2 is 1.68 bits per heavy atom. The predicted octanol–water partition coefficient (Wildman–Crippen LogP) is 3.70. The van der Waals surface area contributed by atoms with Crippen LogP contribution in [0.25, 0.3) is 21.7 Å². The highest BCUT2D eigenvalue weighted by molar-refractivity contribution is 6.04. The molecule has 2 nitrogen and oxygen atoms in total. The molecule has 0 saturated carbocycles. The van der Waals surface area contributed by atoms with Crippen LogP contribution in [0.2, 0.25) is 0 Å². The fourth-order valence-electron chi connectivity index (χ4n) is 2.14. The summed E-state index contributed by atoms with van der Waals surface area (Å²) in [7, 11) is 0. The van der Waals surface area contributed by atoms with Crippen molar-refractivity contribution in [1.29, 1.82) is 0 Å². The number of aromatic amines is 1. The Labute approximate surface area is 105 Å². The Hall–Kier alpha value is -2.30. The summed E-state index contributed by atoms with van der Waals surface area (Å²) in [4.78, 5) is 14.1. The number of benzene rings is 2. The summed E-state index contributed by atoms with van der Waals surface area (Å²) in [6.45, 7) is 0. The molecule has 1 heterocycles. The summed E-state index contributed by atoms with van der Waals surface area (Å²) in [6.07, 6.45) is -4.57. The van der Waals surface area contributed by atoms with Crippen molar-refractivity contribution >= 4 is 21.7 Å². The summed E-state index contributed by atoms with van der Waals surface area (Å²) >= 11 is 0. The maximum absolute atomic E-state index is 12.7. The predicted molar refractivity (Wildman–Crippen MR) is 67.1 cm³/mol. The van der Waals surface area contributed by atoms with Gasteiger partial charge in [0.05, 0.1) is 5.52 Å². The third-order valence-corrected chi connectivity index (χ3v) is 3.03. The van der Waals surface area contributed by atoms with Crippen molar-refractivity contribution < 1.29 is 13.2 Å². The lowest BCUT2D eigenvalue weighted by Gasteiger charge is -2.09. The van der Waals surface area contributed by atoms with Gasteiger partial charge in [-0.05, 0) is 11.5 Å². The normalized spacial score (nSPS) is 12.2. The number of aromatic nitrogens is 1. The number of nitrogens with one attached hydrogen (secondary N) is 1. The summed E-state index contributed by atoms with van der Waals surface area (Å²) in [5.74, 6) is 0. The molecule has 0 unspecified atom stereocenters. The van der Waals surface area contributed by atoms with Crippen molar-refractivity contribution in [2.45, 2.75) is 6.18 Å². The minimum Gasteiger partial charge on any atom is -0.350 e. The monoisotopic (exact) mass is 263 g/mol. The lowest BCUT2D eigenvalue weighted by Crippen LogP contribution is -2.13. The molecule has 0 amide bonds. The van der Waals surface area contributed by atoms with Crippen LogP contribution in [0.5, 0.6) is 0 Å². The van der Waals surface area contributed by atoms with Crippen LogP contribution >= 0.6 is 0 Å². The van der Waals surface area contributed by atoms with Gasteiger partial charge >= 0.3 is 6.18 Å². The second-order valence-corrected chi connectivity index (χ2v) is 4.25. The summed E-state index contributed by atoms with van der Waals surface area (Å²) in [6, 6.07) is 10.8. The number of fused-ring (bicyclic) bond motifs is 3. The van der Waals surface area contributed by atoms with E-state index >= 15 is 0 Å². The number of hydrogen-bond donors (Lipinski definition) is 1. The van der Waals surface area contributed by atoms with Crippen molar-refractivity contribution in [1.82, 2.24) is 4.98 Å². The number of hydrogen-bond acceptors (Lipinski definition) is 1. The molecule has 19 heavy (non-hydrogen) atoms. The molecule has 96 valence electrons. The number of halogens is 3. The van der Waals surface area contributed by atoms with Gasteiger partial charge in [-0.1, -0.05) is 30.3 Å². The third kappa shape index (κ3) is 1.87. The Morgan fingerprint density at radius 3 is 2.42 bits per heavy atom. The second kappa shape index (κ2) is 3.85. The smallest absolute Gasteiger partial charge is 0.350 e. The van der Waals surface area contributed by atoms with Gasteiger partial charge in [-0.3, -0.25) is 4.79 Å². The first-order chi connectivity index (χ1) is 8.97. The standard InChI is InChI=1S/C14H8F3NO/c15-14(16,17)12-7-11(19)10-6-5-8-3-1-2-4-9(8)13(10)18-12/h1-7H,(H,18,19). The van der Waals surface area contributed by atoms with E-state index in [1.54, 1.807) is 30.3 Å². The van der Waals surface area contributed by atoms with Gasteiger partial charge in [0.25, 0.3) is 0 Å². The molecule has 0 radical (unpaired) electrons. The van der Waals surface area contributed by atoms with E-state index < -0.39 is 17.3 Å². The van der Waals surface area contributed by atoms with E-state index in [2.05, 4.69) is 4.98 Å². The molecule has 0 atom stereocenters. The average Bonchev–Trinajstić information content (AvgIpc) is 2.37. The quantitative estimate of drug-likeness (QED) is 0.616. The molecule has 1 aromatic heterocycles. The van der Waals surface area contributed by atoms with Gasteiger partial charge in [-0.15, -0.1) is 0 Å². The third-order valence-electron chi connectivity index (χ3n) is 3.03. The van der Waals surface area contributed by atoms with Crippen molar-refractivity contribution in [3.05, 3.63) is 58.4 Å². The van der Waals surface area contributed by atoms with Crippen LogP contribution in [-0.2, 0) is 6.18 Å². The highest BCUT2D eigenvalue weighted by Gasteiger charge is 2.32. The van der Waals surface area contributed by atoms with Gasteiger partial charge in [-0.25, -0.2) is 0 Å². The lowest BCUT2D eigenvalue weighted by molar-refractivity contribution is -0.141. The Bertz CT molecular complexity index is 833. The van der Waals surface area contributed by atoms with E-state index in [4.69, 9.17) is 0 Å². The molecule has 5 heteroatoms. The SMILES string of the molecule is O=c1cc(C(F)(F)F)[nH]c2c1ccc1ccccc12. The number of alkyl halides is 3. The first-order valence-electron chi connectivity index (χ1n) is 5.59. The van der Waals surface area contributed by atoms with Crippen LogP contribution in [0, 0.1) is 0 Å². The van der Waals surface area contributed by atoms with Crippen LogP contribution < -0.4 is 5.43 Å². The van der Waals surface area contributed by atoms with Crippen LogP contribution in [0.4, 0.5) is 13.2 Å². The van der Waals surface area contributed by atoms with E-state index in [0.717, 1.165) is 5.39 Å². The van der Waals surface area contributed by atoms with Crippen molar-refractivity contribution in [3.63, 3.8) is 0 Å². The second-order valence-electron chi connectivity index (χ2n) is 4.25. The molecule has 0 fully saturated rings. The van der Waals surface area contributed by atoms with Crippen LogP contribution in [0.3, 0.4) is 0 Å². The highest BCUT2D eigenvalue weighted by Crippen LogP contribution is 2.29. The number of pyridine rings is 1. The van der Waals surface area contributed by atoms with Gasteiger partial charge in [0, 0.05) is 16.8 Å². The molecule has 3 rings (SSSR count). The minimum atomic E-state index is -4.57. The van der Waals surface area contributed by atoms with E-state index in [0.29, 0.717) is 11.5 Å². The van der Waals surface area contributed by atoms with Crippen LogP contribution in [0.15, 0.2) is 47.3 Å². The molecule has 0 aliphatic heterocycles. The topological polar surface area (TPSA) is 32.9 Å². The minimum absolute atomic E-state index is 0.220. The number of H-pyrrole nitrogens is 1. The van der Waals surface area contributed by atoms with E-state index in [9.17, 15) is 18.0 Å². The van der Waals surface area contributed by atoms with Crippen molar-refractivity contribution in [3.8, 4) is 0 Å². The largest absolute Gasteiger partial charge is 0.431 e. The molecule has 0 spiro atoms. The fourth-order valence-corrected chi connectivity index (χ4v) is 2.14. The van der Waals surface area contributed by atoms with E-state index in [1.807, 2.05) is 0 Å². The zero-order chi connectivity index (χ0) is 13.6. The fraction of sp³-hybridized carbons (Fsp3) is 0.0714. The highest BCUT2D eigenvalue weighted by atomic mass is 19.4. The van der Waals surface area contributed by atoms with E-state index in [1.165, 1.54) is 6.07 Å². The Balaban J connectivity index is 2.51. The average molecular weight is 263 g/mol. The van der Waals surface area contributed by atoms with Crippen LogP contribution in [-0.4, -0.2) is 4.98 Å². The molecule has 0 bridgehead atoms. The lowest BCUT2D eigenvalue weighted by atomic mass is 10.1. The molecule has 0 aliphatic rings. The zero-order valence-electron chi connectivity index (χ0n) is 9.58. The molecular weight excluding hydrogens is 255 g/mol. The van der Waals surface area contributed by atoms with E-state index in [-0.39, 0.29) is 10.9 Å². The zero-order valence-corrected chi connectivity index (χ0v) is 9.58.